The highest BCUT2D eigenvalue weighted by Gasteiger charge is 2.40. The molecule has 31 heavy (non-hydrogen) atoms. The van der Waals surface area contributed by atoms with Gasteiger partial charge in [-0.2, -0.15) is 0 Å². The van der Waals surface area contributed by atoms with E-state index in [1.54, 1.807) is 28.0 Å². The SMILES string of the molecule is C=CC(=O)N1CC(=NOCc2ccc(Cl)c(Cl)c2)CC1C(=O)N1CCN(C(C)=O)CC1. The van der Waals surface area contributed by atoms with Gasteiger partial charge in [0.15, 0.2) is 0 Å². The van der Waals surface area contributed by atoms with Gasteiger partial charge in [0.2, 0.25) is 17.7 Å². The van der Waals surface area contributed by atoms with E-state index in [0.29, 0.717) is 41.9 Å². The highest BCUT2D eigenvalue weighted by Crippen LogP contribution is 2.23. The van der Waals surface area contributed by atoms with E-state index in [2.05, 4.69) is 11.7 Å². The number of benzene rings is 1. The zero-order valence-corrected chi connectivity index (χ0v) is 18.7. The second kappa shape index (κ2) is 10.2. The number of carbonyl (C=O) groups is 3. The summed E-state index contributed by atoms with van der Waals surface area (Å²) >= 11 is 11.9. The summed E-state index contributed by atoms with van der Waals surface area (Å²) in [5.74, 6) is -0.506. The smallest absolute Gasteiger partial charge is 0.246 e. The molecule has 3 amide bonds. The first-order valence-electron chi connectivity index (χ1n) is 9.89. The molecule has 2 saturated heterocycles. The molecule has 1 atom stereocenters. The topological polar surface area (TPSA) is 82.5 Å². The fourth-order valence-electron chi connectivity index (χ4n) is 3.62. The number of oxime groups is 1. The van der Waals surface area contributed by atoms with Crippen LogP contribution in [0, 0.1) is 0 Å². The van der Waals surface area contributed by atoms with Gasteiger partial charge in [-0.15, -0.1) is 0 Å². The molecule has 1 aromatic rings. The summed E-state index contributed by atoms with van der Waals surface area (Å²) in [5.41, 5.74) is 1.39. The van der Waals surface area contributed by atoms with Crippen LogP contribution in [0.4, 0.5) is 0 Å². The number of halogens is 2. The fourth-order valence-corrected chi connectivity index (χ4v) is 3.94. The summed E-state index contributed by atoms with van der Waals surface area (Å²) in [7, 11) is 0. The van der Waals surface area contributed by atoms with Crippen LogP contribution in [0.2, 0.25) is 10.0 Å². The Morgan fingerprint density at radius 2 is 1.84 bits per heavy atom. The Morgan fingerprint density at radius 3 is 2.45 bits per heavy atom. The molecule has 2 aliphatic rings. The summed E-state index contributed by atoms with van der Waals surface area (Å²) < 4.78 is 0. The minimum absolute atomic E-state index is 0.00929. The summed E-state index contributed by atoms with van der Waals surface area (Å²) in [6.45, 7) is 7.25. The predicted molar refractivity (Wildman–Crippen MR) is 118 cm³/mol. The molecule has 0 saturated carbocycles. The summed E-state index contributed by atoms with van der Waals surface area (Å²) in [6, 6.07) is 4.49. The van der Waals surface area contributed by atoms with Gasteiger partial charge in [-0.1, -0.05) is 41.0 Å². The molecule has 2 fully saturated rings. The van der Waals surface area contributed by atoms with E-state index in [-0.39, 0.29) is 37.3 Å². The molecule has 0 aliphatic carbocycles. The van der Waals surface area contributed by atoms with Gasteiger partial charge in [0.25, 0.3) is 0 Å². The third-order valence-electron chi connectivity index (χ3n) is 5.35. The first kappa shape index (κ1) is 23.1. The lowest BCUT2D eigenvalue weighted by Crippen LogP contribution is -2.55. The molecule has 3 rings (SSSR count). The van der Waals surface area contributed by atoms with Crippen LogP contribution in [0.3, 0.4) is 0 Å². The molecule has 0 spiro atoms. The molecule has 2 heterocycles. The van der Waals surface area contributed by atoms with Crippen molar-refractivity contribution >= 4 is 46.6 Å². The van der Waals surface area contributed by atoms with Crippen molar-refractivity contribution in [1.82, 2.24) is 14.7 Å². The van der Waals surface area contributed by atoms with Crippen molar-refractivity contribution in [3.8, 4) is 0 Å². The zero-order chi connectivity index (χ0) is 22.5. The maximum absolute atomic E-state index is 13.1. The molecule has 166 valence electrons. The van der Waals surface area contributed by atoms with E-state index in [0.717, 1.165) is 5.56 Å². The van der Waals surface area contributed by atoms with Gasteiger partial charge in [-0.05, 0) is 23.8 Å². The normalized spacial score (nSPS) is 20.2. The summed E-state index contributed by atoms with van der Waals surface area (Å²) in [4.78, 5) is 47.2. The molecule has 10 heteroatoms. The number of hydrogen-bond acceptors (Lipinski definition) is 5. The Balaban J connectivity index is 1.64. The Bertz CT molecular complexity index is 913. The van der Waals surface area contributed by atoms with Crippen LogP contribution < -0.4 is 0 Å². The predicted octanol–water partition coefficient (Wildman–Crippen LogP) is 2.34. The minimum Gasteiger partial charge on any atom is -0.391 e. The maximum atomic E-state index is 13.1. The first-order chi connectivity index (χ1) is 14.8. The zero-order valence-electron chi connectivity index (χ0n) is 17.2. The largest absolute Gasteiger partial charge is 0.391 e. The van der Waals surface area contributed by atoms with Crippen LogP contribution in [0.1, 0.15) is 18.9 Å². The number of amides is 3. The second-order valence-corrected chi connectivity index (χ2v) is 8.22. The number of piperazine rings is 1. The van der Waals surface area contributed by atoms with Gasteiger partial charge >= 0.3 is 0 Å². The first-order valence-corrected chi connectivity index (χ1v) is 10.6. The van der Waals surface area contributed by atoms with E-state index < -0.39 is 6.04 Å². The monoisotopic (exact) mass is 466 g/mol. The molecule has 1 unspecified atom stereocenters. The molecule has 2 aliphatic heterocycles. The van der Waals surface area contributed by atoms with Crippen molar-refractivity contribution in [2.75, 3.05) is 32.7 Å². The average Bonchev–Trinajstić information content (AvgIpc) is 3.19. The third-order valence-corrected chi connectivity index (χ3v) is 6.09. The van der Waals surface area contributed by atoms with Crippen LogP contribution >= 0.6 is 23.2 Å². The van der Waals surface area contributed by atoms with Gasteiger partial charge in [0.05, 0.1) is 22.3 Å². The lowest BCUT2D eigenvalue weighted by Gasteiger charge is -2.36. The molecule has 8 nitrogen and oxygen atoms in total. The van der Waals surface area contributed by atoms with E-state index in [1.165, 1.54) is 17.9 Å². The van der Waals surface area contributed by atoms with Crippen molar-refractivity contribution < 1.29 is 19.2 Å². The highest BCUT2D eigenvalue weighted by molar-refractivity contribution is 6.42. The van der Waals surface area contributed by atoms with E-state index >= 15 is 0 Å². The third kappa shape index (κ3) is 5.57. The summed E-state index contributed by atoms with van der Waals surface area (Å²) in [5, 5.41) is 5.02. The van der Waals surface area contributed by atoms with E-state index in [1.807, 2.05) is 0 Å². The Kier molecular flexibility index (Phi) is 7.56. The Hall–Kier alpha value is -2.58. The van der Waals surface area contributed by atoms with Gasteiger partial charge in [0.1, 0.15) is 12.6 Å². The van der Waals surface area contributed by atoms with Crippen molar-refractivity contribution in [3.63, 3.8) is 0 Å². The molecule has 0 aromatic heterocycles. The van der Waals surface area contributed by atoms with Crippen LogP contribution in [-0.4, -0.2) is 76.9 Å². The van der Waals surface area contributed by atoms with Gasteiger partial charge in [0, 0.05) is 39.5 Å². The van der Waals surface area contributed by atoms with Gasteiger partial charge < -0.3 is 19.5 Å². The molecule has 0 bridgehead atoms. The van der Waals surface area contributed by atoms with Crippen LogP contribution in [0.25, 0.3) is 0 Å². The average molecular weight is 467 g/mol. The number of nitrogens with zero attached hydrogens (tertiary/aromatic N) is 4. The number of rotatable bonds is 5. The molecule has 0 N–H and O–H groups in total. The Morgan fingerprint density at radius 1 is 1.16 bits per heavy atom. The lowest BCUT2D eigenvalue weighted by molar-refractivity contribution is -0.144. The van der Waals surface area contributed by atoms with Crippen LogP contribution in [0.5, 0.6) is 0 Å². The maximum Gasteiger partial charge on any atom is 0.246 e. The Labute approximate surface area is 191 Å². The van der Waals surface area contributed by atoms with E-state index in [9.17, 15) is 14.4 Å². The highest BCUT2D eigenvalue weighted by atomic mass is 35.5. The van der Waals surface area contributed by atoms with Crippen molar-refractivity contribution in [2.24, 2.45) is 5.16 Å². The van der Waals surface area contributed by atoms with Crippen LogP contribution in [0.15, 0.2) is 36.0 Å². The summed E-state index contributed by atoms with van der Waals surface area (Å²) in [6.07, 6.45) is 1.47. The van der Waals surface area contributed by atoms with Crippen molar-refractivity contribution in [2.45, 2.75) is 26.0 Å². The number of carbonyl (C=O) groups excluding carboxylic acids is 3. The van der Waals surface area contributed by atoms with E-state index in [4.69, 9.17) is 28.0 Å². The number of likely N-dealkylation sites (tertiary alicyclic amines) is 1. The van der Waals surface area contributed by atoms with Crippen LogP contribution in [-0.2, 0) is 25.8 Å². The molecular formula is C21H24Cl2N4O4. The molecular weight excluding hydrogens is 443 g/mol. The minimum atomic E-state index is -0.665. The number of hydrogen-bond donors (Lipinski definition) is 0. The standard InChI is InChI=1S/C21H24Cl2N4O4/c1-3-20(29)27-12-16(24-31-13-15-4-5-17(22)18(23)10-15)11-19(27)21(30)26-8-6-25(7-9-26)14(2)28/h3-5,10,19H,1,6-9,11-13H2,2H3. The van der Waals surface area contributed by atoms with Gasteiger partial charge in [-0.3, -0.25) is 14.4 Å². The van der Waals surface area contributed by atoms with Gasteiger partial charge in [-0.25, -0.2) is 0 Å². The quantitative estimate of drug-likeness (QED) is 0.492. The van der Waals surface area contributed by atoms with Crippen molar-refractivity contribution in [1.29, 1.82) is 0 Å². The molecule has 1 aromatic carbocycles. The second-order valence-electron chi connectivity index (χ2n) is 7.40. The van der Waals surface area contributed by atoms with Crippen molar-refractivity contribution in [3.05, 3.63) is 46.5 Å². The molecule has 0 radical (unpaired) electrons. The lowest BCUT2D eigenvalue weighted by atomic mass is 10.1. The fraction of sp³-hybridized carbons (Fsp3) is 0.429.